The number of hydrogen-bond donors (Lipinski definition) is 0. The van der Waals surface area contributed by atoms with E-state index >= 15 is 0 Å². The highest BCUT2D eigenvalue weighted by Gasteiger charge is 2.42. The summed E-state index contributed by atoms with van der Waals surface area (Å²) in [5.74, 6) is 0. The van der Waals surface area contributed by atoms with Crippen LogP contribution in [-0.4, -0.2) is 28.1 Å². The first-order chi connectivity index (χ1) is 7.11. The van der Waals surface area contributed by atoms with Crippen molar-refractivity contribution in [3.63, 3.8) is 0 Å². The average molecular weight is 226 g/mol. The molecule has 4 nitrogen and oxygen atoms in total. The van der Waals surface area contributed by atoms with Gasteiger partial charge in [-0.1, -0.05) is 0 Å². The molecule has 0 bridgehead atoms. The molecule has 5 heteroatoms. The van der Waals surface area contributed by atoms with Gasteiger partial charge in [-0.3, -0.25) is 4.90 Å². The summed E-state index contributed by atoms with van der Waals surface area (Å²) in [6.45, 7) is 5.97. The Kier molecular flexibility index (Phi) is 2.65. The molecule has 1 amide bonds. The fraction of sp³-hybridized carbons (Fsp3) is 0.600. The maximum atomic E-state index is 11.6. The highest BCUT2D eigenvalue weighted by atomic mass is 32.1. The minimum Gasteiger partial charge on any atom is -0.436 e. The number of carbonyl (C=O) groups is 1. The second-order valence-electron chi connectivity index (χ2n) is 3.92. The molecule has 1 aliphatic rings. The summed E-state index contributed by atoms with van der Waals surface area (Å²) in [7, 11) is 0. The van der Waals surface area contributed by atoms with Gasteiger partial charge < -0.3 is 4.74 Å². The molecule has 1 aliphatic heterocycles. The maximum Gasteiger partial charge on any atom is 0.411 e. The molecule has 0 spiro atoms. The Morgan fingerprint density at radius 1 is 1.60 bits per heavy atom. The van der Waals surface area contributed by atoms with Gasteiger partial charge in [-0.05, 0) is 20.8 Å². The number of ether oxygens (including phenoxy) is 1. The summed E-state index contributed by atoms with van der Waals surface area (Å²) in [6.07, 6.45) is 1.29. The van der Waals surface area contributed by atoms with Gasteiger partial charge in [0, 0.05) is 17.6 Å². The Morgan fingerprint density at radius 3 is 2.80 bits per heavy atom. The molecule has 0 aromatic carbocycles. The van der Waals surface area contributed by atoms with E-state index in [1.54, 1.807) is 11.1 Å². The predicted octanol–water partition coefficient (Wildman–Crippen LogP) is 2.43. The van der Waals surface area contributed by atoms with Crippen LogP contribution in [0.3, 0.4) is 0 Å². The number of cyclic esters (lactones) is 1. The lowest BCUT2D eigenvalue weighted by Crippen LogP contribution is -2.37. The maximum absolute atomic E-state index is 11.6. The molecule has 2 atom stereocenters. The summed E-state index contributed by atoms with van der Waals surface area (Å²) in [6, 6.07) is 0.223. The van der Waals surface area contributed by atoms with Gasteiger partial charge in [0.25, 0.3) is 0 Å². The van der Waals surface area contributed by atoms with Gasteiger partial charge in [0.15, 0.2) is 6.10 Å². The molecule has 0 radical (unpaired) electrons. The van der Waals surface area contributed by atoms with Crippen LogP contribution >= 0.6 is 11.3 Å². The number of amides is 1. The predicted molar refractivity (Wildman–Crippen MR) is 57.8 cm³/mol. The molecular weight excluding hydrogens is 212 g/mol. The van der Waals surface area contributed by atoms with Crippen molar-refractivity contribution in [1.82, 2.24) is 9.88 Å². The van der Waals surface area contributed by atoms with E-state index < -0.39 is 0 Å². The van der Waals surface area contributed by atoms with E-state index in [0.717, 1.165) is 5.01 Å². The number of rotatable bonds is 2. The molecular formula is C10H14N2O2S. The summed E-state index contributed by atoms with van der Waals surface area (Å²) in [5.41, 5.74) is 0. The SMILES string of the molecule is CC(C)N1C(=O)O[C@@H](c2nccs2)[C@@H]1C. The second kappa shape index (κ2) is 3.81. The Morgan fingerprint density at radius 2 is 2.33 bits per heavy atom. The van der Waals surface area contributed by atoms with Crippen LogP contribution in [-0.2, 0) is 4.74 Å². The molecule has 2 rings (SSSR count). The number of nitrogens with zero attached hydrogens (tertiary/aromatic N) is 2. The fourth-order valence-corrected chi connectivity index (χ4v) is 2.65. The lowest BCUT2D eigenvalue weighted by atomic mass is 10.1. The zero-order valence-corrected chi connectivity index (χ0v) is 9.82. The molecule has 0 aliphatic carbocycles. The molecule has 1 fully saturated rings. The Balaban J connectivity index is 2.22. The quantitative estimate of drug-likeness (QED) is 0.777. The van der Waals surface area contributed by atoms with Gasteiger partial charge >= 0.3 is 6.09 Å². The van der Waals surface area contributed by atoms with Crippen LogP contribution in [0.1, 0.15) is 31.9 Å². The zero-order valence-electron chi connectivity index (χ0n) is 9.01. The molecule has 0 unspecified atom stereocenters. The third kappa shape index (κ3) is 1.71. The molecule has 1 aromatic rings. The molecule has 1 saturated heterocycles. The van der Waals surface area contributed by atoms with Crippen LogP contribution < -0.4 is 0 Å². The lowest BCUT2D eigenvalue weighted by Gasteiger charge is -2.23. The van der Waals surface area contributed by atoms with Crippen LogP contribution in [0.5, 0.6) is 0 Å². The van der Waals surface area contributed by atoms with Gasteiger partial charge in [-0.25, -0.2) is 9.78 Å². The number of aromatic nitrogens is 1. The highest BCUT2D eigenvalue weighted by molar-refractivity contribution is 7.09. The molecule has 0 N–H and O–H groups in total. The number of hydrogen-bond acceptors (Lipinski definition) is 4. The molecule has 82 valence electrons. The van der Waals surface area contributed by atoms with Crippen molar-refractivity contribution in [2.24, 2.45) is 0 Å². The lowest BCUT2D eigenvalue weighted by molar-refractivity contribution is 0.128. The Hall–Kier alpha value is -1.10. The average Bonchev–Trinajstić information content (AvgIpc) is 2.72. The van der Waals surface area contributed by atoms with Crippen molar-refractivity contribution in [1.29, 1.82) is 0 Å². The second-order valence-corrected chi connectivity index (χ2v) is 4.84. The number of carbonyl (C=O) groups excluding carboxylic acids is 1. The third-order valence-corrected chi connectivity index (χ3v) is 3.40. The normalized spacial score (nSPS) is 26.1. The first-order valence-electron chi connectivity index (χ1n) is 4.99. The van der Waals surface area contributed by atoms with Gasteiger partial charge in [0.2, 0.25) is 0 Å². The third-order valence-electron chi connectivity index (χ3n) is 2.57. The van der Waals surface area contributed by atoms with Crippen molar-refractivity contribution in [3.05, 3.63) is 16.6 Å². The van der Waals surface area contributed by atoms with Crippen LogP contribution in [0.15, 0.2) is 11.6 Å². The highest BCUT2D eigenvalue weighted by Crippen LogP contribution is 2.34. The van der Waals surface area contributed by atoms with Crippen molar-refractivity contribution in [2.45, 2.75) is 39.0 Å². The van der Waals surface area contributed by atoms with E-state index in [4.69, 9.17) is 4.74 Å². The minimum absolute atomic E-state index is 0.0589. The molecule has 2 heterocycles. The van der Waals surface area contributed by atoms with Crippen LogP contribution in [0.2, 0.25) is 0 Å². The fourth-order valence-electron chi connectivity index (χ4n) is 1.89. The van der Waals surface area contributed by atoms with Crippen molar-refractivity contribution >= 4 is 17.4 Å². The van der Waals surface area contributed by atoms with Crippen molar-refractivity contribution in [2.75, 3.05) is 0 Å². The summed E-state index contributed by atoms with van der Waals surface area (Å²) in [5, 5.41) is 2.77. The monoisotopic (exact) mass is 226 g/mol. The standard InChI is InChI=1S/C10H14N2O2S/c1-6(2)12-7(3)8(14-10(12)13)9-11-4-5-15-9/h4-8H,1-3H3/t7-,8+/m0/s1. The van der Waals surface area contributed by atoms with Gasteiger partial charge in [0.05, 0.1) is 6.04 Å². The van der Waals surface area contributed by atoms with Gasteiger partial charge in [-0.15, -0.1) is 11.3 Å². The first-order valence-corrected chi connectivity index (χ1v) is 5.87. The smallest absolute Gasteiger partial charge is 0.411 e. The van der Waals surface area contributed by atoms with Gasteiger partial charge in [-0.2, -0.15) is 0 Å². The van der Waals surface area contributed by atoms with E-state index in [1.807, 2.05) is 26.2 Å². The molecule has 1 aromatic heterocycles. The molecule has 15 heavy (non-hydrogen) atoms. The largest absolute Gasteiger partial charge is 0.436 e. The number of thiazole rings is 1. The van der Waals surface area contributed by atoms with Crippen LogP contribution in [0.4, 0.5) is 4.79 Å². The minimum atomic E-state index is -0.238. The Labute approximate surface area is 92.9 Å². The zero-order chi connectivity index (χ0) is 11.0. The van der Waals surface area contributed by atoms with Crippen molar-refractivity contribution < 1.29 is 9.53 Å². The van der Waals surface area contributed by atoms with E-state index in [1.165, 1.54) is 11.3 Å². The summed E-state index contributed by atoms with van der Waals surface area (Å²) >= 11 is 1.52. The molecule has 0 saturated carbocycles. The topological polar surface area (TPSA) is 42.4 Å². The van der Waals surface area contributed by atoms with Crippen molar-refractivity contribution in [3.8, 4) is 0 Å². The van der Waals surface area contributed by atoms with Gasteiger partial charge in [0.1, 0.15) is 5.01 Å². The first kappa shape index (κ1) is 10.4. The van der Waals surface area contributed by atoms with E-state index in [9.17, 15) is 4.79 Å². The summed E-state index contributed by atoms with van der Waals surface area (Å²) in [4.78, 5) is 17.6. The van der Waals surface area contributed by atoms with Crippen LogP contribution in [0, 0.1) is 0 Å². The Bertz CT molecular complexity index is 350. The van der Waals surface area contributed by atoms with E-state index in [-0.39, 0.29) is 24.3 Å². The van der Waals surface area contributed by atoms with Crippen LogP contribution in [0.25, 0.3) is 0 Å². The summed E-state index contributed by atoms with van der Waals surface area (Å²) < 4.78 is 5.33. The van der Waals surface area contributed by atoms with E-state index in [2.05, 4.69) is 4.98 Å². The van der Waals surface area contributed by atoms with E-state index in [0.29, 0.717) is 0 Å².